The highest BCUT2D eigenvalue weighted by atomic mass is 19.1. The van der Waals surface area contributed by atoms with Gasteiger partial charge in [-0.1, -0.05) is 18.2 Å². The molecule has 0 fully saturated rings. The van der Waals surface area contributed by atoms with Crippen molar-refractivity contribution < 1.29 is 18.3 Å². The Morgan fingerprint density at radius 1 is 1.23 bits per heavy atom. The zero-order valence-electron chi connectivity index (χ0n) is 13.8. The first-order chi connectivity index (χ1) is 12.5. The van der Waals surface area contributed by atoms with Crippen LogP contribution in [0.3, 0.4) is 0 Å². The lowest BCUT2D eigenvalue weighted by Gasteiger charge is -2.15. The van der Waals surface area contributed by atoms with Gasteiger partial charge in [-0.15, -0.1) is 0 Å². The number of carbonyl (C=O) groups is 1. The van der Waals surface area contributed by atoms with E-state index in [9.17, 15) is 18.4 Å². The molecular formula is C18H15F2N3O3. The van der Waals surface area contributed by atoms with Crippen LogP contribution in [-0.2, 0) is 0 Å². The predicted octanol–water partition coefficient (Wildman–Crippen LogP) is 2.40. The number of hydrogen-bond donors (Lipinski definition) is 2. The van der Waals surface area contributed by atoms with Gasteiger partial charge in [0.25, 0.3) is 11.5 Å². The first-order valence-electron chi connectivity index (χ1n) is 7.82. The fourth-order valence-corrected chi connectivity index (χ4v) is 2.43. The lowest BCUT2D eigenvalue weighted by molar-refractivity contribution is 0.0922. The summed E-state index contributed by atoms with van der Waals surface area (Å²) in [5.41, 5.74) is -0.319. The number of benzene rings is 2. The summed E-state index contributed by atoms with van der Waals surface area (Å²) in [4.78, 5) is 24.2. The number of H-pyrrole nitrogens is 1. The van der Waals surface area contributed by atoms with Gasteiger partial charge >= 0.3 is 0 Å². The van der Waals surface area contributed by atoms with Crippen molar-refractivity contribution in [3.05, 3.63) is 70.1 Å². The fraction of sp³-hybridized carbons (Fsp3) is 0.167. The van der Waals surface area contributed by atoms with E-state index in [1.807, 2.05) is 0 Å². The molecule has 2 aromatic carbocycles. The van der Waals surface area contributed by atoms with Crippen LogP contribution in [-0.4, -0.2) is 28.8 Å². The number of nitrogens with one attached hydrogen (secondary N) is 2. The second-order valence-corrected chi connectivity index (χ2v) is 5.71. The highest BCUT2D eigenvalue weighted by Crippen LogP contribution is 2.18. The molecule has 3 aromatic rings. The Balaban J connectivity index is 1.70. The average Bonchev–Trinajstić information content (AvgIpc) is 2.61. The van der Waals surface area contributed by atoms with Crippen LogP contribution in [0.5, 0.6) is 5.75 Å². The Kier molecular flexibility index (Phi) is 4.92. The van der Waals surface area contributed by atoms with Crippen molar-refractivity contribution in [2.45, 2.75) is 13.0 Å². The summed E-state index contributed by atoms with van der Waals surface area (Å²) in [6, 6.07) is 9.09. The van der Waals surface area contributed by atoms with Crippen molar-refractivity contribution in [3.8, 4) is 5.75 Å². The number of hydrogen-bond acceptors (Lipinski definition) is 4. The molecule has 0 saturated carbocycles. The third-order valence-electron chi connectivity index (χ3n) is 3.67. The summed E-state index contributed by atoms with van der Waals surface area (Å²) in [5, 5.41) is 9.53. The van der Waals surface area contributed by atoms with Gasteiger partial charge in [0.05, 0.1) is 11.4 Å². The van der Waals surface area contributed by atoms with Crippen LogP contribution < -0.4 is 15.6 Å². The minimum absolute atomic E-state index is 0.0322. The summed E-state index contributed by atoms with van der Waals surface area (Å²) >= 11 is 0. The maximum absolute atomic E-state index is 13.5. The highest BCUT2D eigenvalue weighted by Gasteiger charge is 2.16. The van der Waals surface area contributed by atoms with Crippen molar-refractivity contribution in [2.24, 2.45) is 0 Å². The molecule has 8 heteroatoms. The third-order valence-corrected chi connectivity index (χ3v) is 3.67. The summed E-state index contributed by atoms with van der Waals surface area (Å²) in [6.07, 6.45) is 0. The first kappa shape index (κ1) is 17.5. The number of aromatic amines is 1. The van der Waals surface area contributed by atoms with Crippen LogP contribution in [0.1, 0.15) is 17.4 Å². The van der Waals surface area contributed by atoms with Crippen LogP contribution in [0.15, 0.2) is 47.3 Å². The SMILES string of the molecule is CC(COc1ccc(F)cc1F)NC(=O)c1n[nH]c(=O)c2ccccc12. The maximum atomic E-state index is 13.5. The monoisotopic (exact) mass is 359 g/mol. The van der Waals surface area contributed by atoms with Gasteiger partial charge in [-0.05, 0) is 25.1 Å². The average molecular weight is 359 g/mol. The second kappa shape index (κ2) is 7.30. The standard InChI is InChI=1S/C18H15F2N3O3/c1-10(9-26-15-7-6-11(19)8-14(15)20)21-18(25)16-12-4-2-3-5-13(12)17(24)23-22-16/h2-8,10H,9H2,1H3,(H,21,25)(H,23,24). The van der Waals surface area contributed by atoms with Gasteiger partial charge < -0.3 is 10.1 Å². The second-order valence-electron chi connectivity index (χ2n) is 5.71. The number of halogens is 2. The van der Waals surface area contributed by atoms with Gasteiger partial charge in [0.2, 0.25) is 0 Å². The molecule has 6 nitrogen and oxygen atoms in total. The van der Waals surface area contributed by atoms with Crippen LogP contribution >= 0.6 is 0 Å². The first-order valence-corrected chi connectivity index (χ1v) is 7.82. The van der Waals surface area contributed by atoms with Gasteiger partial charge in [-0.3, -0.25) is 9.59 Å². The molecule has 1 atom stereocenters. The van der Waals surface area contributed by atoms with E-state index in [2.05, 4.69) is 15.5 Å². The quantitative estimate of drug-likeness (QED) is 0.733. The Morgan fingerprint density at radius 2 is 1.96 bits per heavy atom. The number of carbonyl (C=O) groups excluding carboxylic acids is 1. The lowest BCUT2D eigenvalue weighted by Crippen LogP contribution is -2.37. The number of rotatable bonds is 5. The van der Waals surface area contributed by atoms with Crippen LogP contribution in [0.4, 0.5) is 8.78 Å². The number of amides is 1. The van der Waals surface area contributed by atoms with Crippen molar-refractivity contribution in [1.82, 2.24) is 15.5 Å². The van der Waals surface area contributed by atoms with Gasteiger partial charge in [0.15, 0.2) is 17.3 Å². The van der Waals surface area contributed by atoms with E-state index in [1.54, 1.807) is 31.2 Å². The van der Waals surface area contributed by atoms with Crippen molar-refractivity contribution in [2.75, 3.05) is 6.61 Å². The van der Waals surface area contributed by atoms with Crippen LogP contribution in [0, 0.1) is 11.6 Å². The molecule has 0 aliphatic rings. The van der Waals surface area contributed by atoms with E-state index < -0.39 is 23.6 Å². The molecule has 0 aliphatic carbocycles. The Hall–Kier alpha value is -3.29. The van der Waals surface area contributed by atoms with E-state index in [1.165, 1.54) is 6.07 Å². The van der Waals surface area contributed by atoms with Crippen molar-refractivity contribution >= 4 is 16.7 Å². The molecule has 0 radical (unpaired) electrons. The molecule has 1 heterocycles. The normalized spacial score (nSPS) is 12.0. The third kappa shape index (κ3) is 3.69. The zero-order valence-corrected chi connectivity index (χ0v) is 13.8. The maximum Gasteiger partial charge on any atom is 0.272 e. The van der Waals surface area contributed by atoms with E-state index in [4.69, 9.17) is 4.74 Å². The van der Waals surface area contributed by atoms with Gasteiger partial charge in [0, 0.05) is 11.5 Å². The van der Waals surface area contributed by atoms with Gasteiger partial charge in [-0.2, -0.15) is 5.10 Å². The van der Waals surface area contributed by atoms with Crippen LogP contribution in [0.25, 0.3) is 10.8 Å². The number of aromatic nitrogens is 2. The fourth-order valence-electron chi connectivity index (χ4n) is 2.43. The molecular weight excluding hydrogens is 344 g/mol. The summed E-state index contributed by atoms with van der Waals surface area (Å²) in [7, 11) is 0. The van der Waals surface area contributed by atoms with E-state index in [0.29, 0.717) is 10.8 Å². The molecule has 134 valence electrons. The molecule has 0 spiro atoms. The highest BCUT2D eigenvalue weighted by molar-refractivity contribution is 6.04. The van der Waals surface area contributed by atoms with Crippen LogP contribution in [0.2, 0.25) is 0 Å². The molecule has 1 aromatic heterocycles. The topological polar surface area (TPSA) is 84.1 Å². The Labute approximate surface area is 146 Å². The molecule has 26 heavy (non-hydrogen) atoms. The number of ether oxygens (including phenoxy) is 1. The van der Waals surface area contributed by atoms with Gasteiger partial charge in [-0.25, -0.2) is 13.9 Å². The van der Waals surface area contributed by atoms with E-state index >= 15 is 0 Å². The minimum atomic E-state index is -0.822. The smallest absolute Gasteiger partial charge is 0.272 e. The number of fused-ring (bicyclic) bond motifs is 1. The number of nitrogens with zero attached hydrogens (tertiary/aromatic N) is 1. The van der Waals surface area contributed by atoms with Gasteiger partial charge in [0.1, 0.15) is 12.4 Å². The summed E-state index contributed by atoms with van der Waals surface area (Å²) < 4.78 is 31.7. The molecule has 1 amide bonds. The molecule has 3 rings (SSSR count). The molecule has 2 N–H and O–H groups in total. The largest absolute Gasteiger partial charge is 0.488 e. The molecule has 0 saturated heterocycles. The summed E-state index contributed by atoms with van der Waals surface area (Å²) in [5.74, 6) is -2.14. The summed E-state index contributed by atoms with van der Waals surface area (Å²) in [6.45, 7) is 1.63. The van der Waals surface area contributed by atoms with E-state index in [-0.39, 0.29) is 23.6 Å². The predicted molar refractivity (Wildman–Crippen MR) is 91.1 cm³/mol. The Morgan fingerprint density at radius 3 is 2.69 bits per heavy atom. The van der Waals surface area contributed by atoms with Crippen molar-refractivity contribution in [3.63, 3.8) is 0 Å². The van der Waals surface area contributed by atoms with Crippen molar-refractivity contribution in [1.29, 1.82) is 0 Å². The molecule has 1 unspecified atom stereocenters. The van der Waals surface area contributed by atoms with E-state index in [0.717, 1.165) is 12.1 Å². The minimum Gasteiger partial charge on any atom is -0.488 e. The zero-order chi connectivity index (χ0) is 18.7. The molecule has 0 bridgehead atoms. The molecule has 0 aliphatic heterocycles. The Bertz CT molecular complexity index is 1020. The lowest BCUT2D eigenvalue weighted by atomic mass is 10.1.